The van der Waals surface area contributed by atoms with Crippen molar-refractivity contribution >= 4 is 12.2 Å². The van der Waals surface area contributed by atoms with E-state index in [1.165, 1.54) is 24.3 Å². The second kappa shape index (κ2) is 8.37. The van der Waals surface area contributed by atoms with Crippen LogP contribution < -0.4 is 0 Å². The van der Waals surface area contributed by atoms with Gasteiger partial charge in [0.25, 0.3) is 0 Å². The molecular weight excluding hydrogens is 366 g/mol. The van der Waals surface area contributed by atoms with Crippen molar-refractivity contribution in [1.82, 2.24) is 19.2 Å². The summed E-state index contributed by atoms with van der Waals surface area (Å²) in [7, 11) is 1.91. The lowest BCUT2D eigenvalue weighted by molar-refractivity contribution is 0.243. The van der Waals surface area contributed by atoms with Gasteiger partial charge in [-0.3, -0.25) is 9.47 Å². The Morgan fingerprint density at radius 2 is 1.89 bits per heavy atom. The van der Waals surface area contributed by atoms with E-state index in [0.717, 1.165) is 11.1 Å². The van der Waals surface area contributed by atoms with Crippen molar-refractivity contribution in [2.24, 2.45) is 0 Å². The highest BCUT2D eigenvalue weighted by atomic mass is 32.1. The van der Waals surface area contributed by atoms with Gasteiger partial charge in [0, 0.05) is 18.7 Å². The number of benzene rings is 2. The SMILES string of the molecule is C=CCn1c(-c2ccc(F)cc2)nn(CN(C)Cc2cccc(F)c2)c1=S. The Labute approximate surface area is 162 Å². The fourth-order valence-corrected chi connectivity index (χ4v) is 3.12. The summed E-state index contributed by atoms with van der Waals surface area (Å²) in [6.45, 7) is 5.26. The van der Waals surface area contributed by atoms with Crippen molar-refractivity contribution in [3.05, 3.63) is 83.2 Å². The van der Waals surface area contributed by atoms with Crippen LogP contribution in [0.2, 0.25) is 0 Å². The molecule has 0 fully saturated rings. The zero-order valence-corrected chi connectivity index (χ0v) is 15.8. The van der Waals surface area contributed by atoms with Crippen molar-refractivity contribution < 1.29 is 8.78 Å². The van der Waals surface area contributed by atoms with Crippen molar-refractivity contribution in [2.75, 3.05) is 7.05 Å². The zero-order valence-electron chi connectivity index (χ0n) is 15.0. The van der Waals surface area contributed by atoms with Crippen LogP contribution in [-0.4, -0.2) is 26.3 Å². The maximum atomic E-state index is 13.4. The van der Waals surface area contributed by atoms with Crippen molar-refractivity contribution in [2.45, 2.75) is 19.8 Å². The van der Waals surface area contributed by atoms with Gasteiger partial charge in [-0.15, -0.1) is 6.58 Å². The monoisotopic (exact) mass is 386 g/mol. The maximum absolute atomic E-state index is 13.4. The minimum Gasteiger partial charge on any atom is -0.296 e. The molecule has 140 valence electrons. The number of allylic oxidation sites excluding steroid dienone is 1. The number of nitrogens with zero attached hydrogens (tertiary/aromatic N) is 4. The highest BCUT2D eigenvalue weighted by Gasteiger charge is 2.13. The minimum absolute atomic E-state index is 0.258. The molecule has 27 heavy (non-hydrogen) atoms. The molecule has 3 aromatic rings. The van der Waals surface area contributed by atoms with E-state index >= 15 is 0 Å². The van der Waals surface area contributed by atoms with E-state index in [9.17, 15) is 8.78 Å². The van der Waals surface area contributed by atoms with Crippen LogP contribution in [0.5, 0.6) is 0 Å². The van der Waals surface area contributed by atoms with Crippen LogP contribution in [0.25, 0.3) is 11.4 Å². The van der Waals surface area contributed by atoms with Crippen molar-refractivity contribution in [1.29, 1.82) is 0 Å². The summed E-state index contributed by atoms with van der Waals surface area (Å²) in [6.07, 6.45) is 1.74. The first kappa shape index (κ1) is 19.1. The quantitative estimate of drug-likeness (QED) is 0.437. The van der Waals surface area contributed by atoms with Crippen LogP contribution in [0.15, 0.2) is 61.2 Å². The fraction of sp³-hybridized carbons (Fsp3) is 0.200. The van der Waals surface area contributed by atoms with Crippen LogP contribution >= 0.6 is 12.2 Å². The van der Waals surface area contributed by atoms with E-state index in [2.05, 4.69) is 11.7 Å². The van der Waals surface area contributed by atoms with Crippen LogP contribution in [0.3, 0.4) is 0 Å². The van der Waals surface area contributed by atoms with E-state index < -0.39 is 0 Å². The highest BCUT2D eigenvalue weighted by Crippen LogP contribution is 2.19. The number of hydrogen-bond donors (Lipinski definition) is 0. The molecule has 7 heteroatoms. The van der Waals surface area contributed by atoms with Gasteiger partial charge in [0.1, 0.15) is 11.6 Å². The largest absolute Gasteiger partial charge is 0.296 e. The van der Waals surface area contributed by atoms with Gasteiger partial charge in [-0.25, -0.2) is 13.5 Å². The van der Waals surface area contributed by atoms with Gasteiger partial charge in [-0.1, -0.05) is 18.2 Å². The van der Waals surface area contributed by atoms with Crippen molar-refractivity contribution in [3.8, 4) is 11.4 Å². The molecule has 0 bridgehead atoms. The van der Waals surface area contributed by atoms with E-state index in [4.69, 9.17) is 12.2 Å². The van der Waals surface area contributed by atoms with Gasteiger partial charge < -0.3 is 0 Å². The summed E-state index contributed by atoms with van der Waals surface area (Å²) in [5, 5.41) is 4.62. The van der Waals surface area contributed by atoms with Crippen LogP contribution in [0.4, 0.5) is 8.78 Å². The number of hydrogen-bond acceptors (Lipinski definition) is 3. The number of aromatic nitrogens is 3. The molecule has 0 saturated heterocycles. The third kappa shape index (κ3) is 4.56. The summed E-state index contributed by atoms with van der Waals surface area (Å²) in [5.74, 6) is 0.0901. The lowest BCUT2D eigenvalue weighted by Gasteiger charge is -2.16. The molecule has 0 aliphatic heterocycles. The van der Waals surface area contributed by atoms with Crippen LogP contribution in [0, 0.1) is 16.4 Å². The summed E-state index contributed by atoms with van der Waals surface area (Å²) in [6, 6.07) is 12.6. The fourth-order valence-electron chi connectivity index (χ4n) is 2.87. The molecule has 0 N–H and O–H groups in total. The molecule has 0 unspecified atom stereocenters. The van der Waals surface area contributed by atoms with Crippen LogP contribution in [-0.2, 0) is 19.8 Å². The lowest BCUT2D eigenvalue weighted by atomic mass is 10.2. The van der Waals surface area contributed by atoms with Gasteiger partial charge in [-0.05, 0) is 61.2 Å². The first-order chi connectivity index (χ1) is 13.0. The summed E-state index contributed by atoms with van der Waals surface area (Å²) >= 11 is 5.56. The van der Waals surface area contributed by atoms with Gasteiger partial charge in [0.05, 0.1) is 6.67 Å². The molecule has 0 spiro atoms. The first-order valence-electron chi connectivity index (χ1n) is 8.45. The zero-order chi connectivity index (χ0) is 19.4. The Kier molecular flexibility index (Phi) is 5.93. The van der Waals surface area contributed by atoms with Gasteiger partial charge in [0.15, 0.2) is 10.6 Å². The average molecular weight is 386 g/mol. The smallest absolute Gasteiger partial charge is 0.199 e. The molecule has 0 amide bonds. The molecule has 4 nitrogen and oxygen atoms in total. The molecule has 1 aromatic heterocycles. The highest BCUT2D eigenvalue weighted by molar-refractivity contribution is 7.71. The molecule has 0 aliphatic rings. The standard InChI is InChI=1S/C20H20F2N4S/c1-3-11-25-19(16-7-9-17(21)10-8-16)23-26(20(25)27)14-24(2)13-15-5-4-6-18(22)12-15/h3-10,12H,1,11,13-14H2,2H3. The lowest BCUT2D eigenvalue weighted by Crippen LogP contribution is -2.22. The van der Waals surface area contributed by atoms with E-state index in [1.807, 2.05) is 22.6 Å². The van der Waals surface area contributed by atoms with Crippen LogP contribution in [0.1, 0.15) is 5.56 Å². The molecule has 0 aliphatic carbocycles. The molecule has 3 rings (SSSR count). The summed E-state index contributed by atoms with van der Waals surface area (Å²) in [5.41, 5.74) is 1.64. The number of rotatable bonds is 7. The maximum Gasteiger partial charge on any atom is 0.199 e. The summed E-state index contributed by atoms with van der Waals surface area (Å²) < 4.78 is 30.7. The Morgan fingerprint density at radius 1 is 1.15 bits per heavy atom. The van der Waals surface area contributed by atoms with Crippen molar-refractivity contribution in [3.63, 3.8) is 0 Å². The topological polar surface area (TPSA) is 26.0 Å². The first-order valence-corrected chi connectivity index (χ1v) is 8.86. The predicted octanol–water partition coefficient (Wildman–Crippen LogP) is 4.63. The van der Waals surface area contributed by atoms with E-state index in [1.54, 1.807) is 29.0 Å². The Balaban J connectivity index is 1.87. The Bertz CT molecular complexity index is 992. The number of halogens is 2. The third-order valence-electron chi connectivity index (χ3n) is 4.05. The normalized spacial score (nSPS) is 11.1. The molecule has 0 saturated carbocycles. The third-order valence-corrected chi connectivity index (χ3v) is 4.48. The van der Waals surface area contributed by atoms with E-state index in [-0.39, 0.29) is 11.6 Å². The second-order valence-corrected chi connectivity index (χ2v) is 6.66. The average Bonchev–Trinajstić information content (AvgIpc) is 2.92. The Morgan fingerprint density at radius 3 is 2.56 bits per heavy atom. The molecule has 0 atom stereocenters. The van der Waals surface area contributed by atoms with E-state index in [0.29, 0.717) is 30.4 Å². The summed E-state index contributed by atoms with van der Waals surface area (Å²) in [4.78, 5) is 1.99. The van der Waals surface area contributed by atoms with Gasteiger partial charge in [0.2, 0.25) is 0 Å². The van der Waals surface area contributed by atoms with Gasteiger partial charge in [-0.2, -0.15) is 5.10 Å². The molecule has 0 radical (unpaired) electrons. The minimum atomic E-state index is -0.304. The Hall–Kier alpha value is -2.64. The molecular formula is C20H20F2N4S. The molecule has 2 aromatic carbocycles. The predicted molar refractivity (Wildman–Crippen MR) is 105 cm³/mol. The second-order valence-electron chi connectivity index (χ2n) is 6.30. The van der Waals surface area contributed by atoms with Gasteiger partial charge >= 0.3 is 0 Å². The molecule has 1 heterocycles.